The van der Waals surface area contributed by atoms with Gasteiger partial charge in [-0.3, -0.25) is 4.21 Å². The summed E-state index contributed by atoms with van der Waals surface area (Å²) in [6.45, 7) is 6.53. The fourth-order valence-electron chi connectivity index (χ4n) is 3.36. The van der Waals surface area contributed by atoms with Crippen molar-refractivity contribution in [3.63, 3.8) is 0 Å². The van der Waals surface area contributed by atoms with Crippen molar-refractivity contribution in [2.75, 3.05) is 0 Å². The Morgan fingerprint density at radius 3 is 2.58 bits per heavy atom. The Morgan fingerprint density at radius 1 is 1.26 bits per heavy atom. The van der Waals surface area contributed by atoms with Gasteiger partial charge in [0.05, 0.1) is 5.25 Å². The monoisotopic (exact) mass is 279 g/mol. The molecular formula is C16H25NOS. The summed E-state index contributed by atoms with van der Waals surface area (Å²) in [5.41, 5.74) is 8.68. The van der Waals surface area contributed by atoms with E-state index in [1.54, 1.807) is 0 Å². The molecule has 1 aromatic carbocycles. The molecule has 0 radical (unpaired) electrons. The topological polar surface area (TPSA) is 43.1 Å². The van der Waals surface area contributed by atoms with Gasteiger partial charge in [-0.05, 0) is 42.7 Å². The summed E-state index contributed by atoms with van der Waals surface area (Å²) in [6.07, 6.45) is 2.16. The van der Waals surface area contributed by atoms with E-state index in [4.69, 9.17) is 5.73 Å². The highest BCUT2D eigenvalue weighted by Crippen LogP contribution is 2.32. The van der Waals surface area contributed by atoms with Crippen LogP contribution in [0.2, 0.25) is 0 Å². The highest BCUT2D eigenvalue weighted by molar-refractivity contribution is 7.84. The minimum absolute atomic E-state index is 0.0867. The van der Waals surface area contributed by atoms with Crippen molar-refractivity contribution in [3.05, 3.63) is 35.4 Å². The molecule has 1 aliphatic carbocycles. The Bertz CT molecular complexity index is 448. The molecule has 1 saturated carbocycles. The number of aryl methyl sites for hydroxylation is 1. The Balaban J connectivity index is 2.09. The van der Waals surface area contributed by atoms with Gasteiger partial charge in [0.1, 0.15) is 0 Å². The largest absolute Gasteiger partial charge is 0.327 e. The molecule has 1 aromatic rings. The average Bonchev–Trinajstić information content (AvgIpc) is 2.30. The molecule has 1 aliphatic rings. The van der Waals surface area contributed by atoms with E-state index in [0.29, 0.717) is 17.6 Å². The maximum atomic E-state index is 12.7. The third-order valence-corrected chi connectivity index (χ3v) is 6.31. The van der Waals surface area contributed by atoms with Gasteiger partial charge in [-0.25, -0.2) is 0 Å². The highest BCUT2D eigenvalue weighted by atomic mass is 32.2. The number of hydrogen-bond acceptors (Lipinski definition) is 2. The predicted octanol–water partition coefficient (Wildman–Crippen LogP) is 3.01. The molecular weight excluding hydrogens is 254 g/mol. The Hall–Kier alpha value is -0.670. The van der Waals surface area contributed by atoms with Crippen LogP contribution in [0.15, 0.2) is 24.3 Å². The first-order chi connectivity index (χ1) is 8.99. The fraction of sp³-hybridized carbons (Fsp3) is 0.625. The van der Waals surface area contributed by atoms with Crippen LogP contribution in [0.5, 0.6) is 0 Å². The number of rotatable bonds is 3. The molecule has 2 N–H and O–H groups in total. The minimum atomic E-state index is -0.868. The second kappa shape index (κ2) is 6.19. The maximum absolute atomic E-state index is 12.7. The van der Waals surface area contributed by atoms with Crippen molar-refractivity contribution in [2.24, 2.45) is 17.6 Å². The van der Waals surface area contributed by atoms with Crippen LogP contribution in [0.3, 0.4) is 0 Å². The fourth-order valence-corrected chi connectivity index (χ4v) is 5.31. The molecule has 5 unspecified atom stereocenters. The van der Waals surface area contributed by atoms with E-state index in [0.717, 1.165) is 12.8 Å². The lowest BCUT2D eigenvalue weighted by atomic mass is 9.80. The van der Waals surface area contributed by atoms with E-state index >= 15 is 0 Å². The van der Waals surface area contributed by atoms with Gasteiger partial charge in [-0.15, -0.1) is 0 Å². The van der Waals surface area contributed by atoms with E-state index in [1.165, 1.54) is 11.1 Å². The maximum Gasteiger partial charge on any atom is 0.0528 e. The number of benzene rings is 1. The third kappa shape index (κ3) is 3.46. The summed E-state index contributed by atoms with van der Waals surface area (Å²) < 4.78 is 12.7. The second-order valence-corrected chi connectivity index (χ2v) is 7.73. The standard InChI is InChI=1S/C16H25NOS/c1-11-8-13(3)16(15(17)9-11)19(18)10-14-7-5-4-6-12(14)2/h4-7,11,13,15-16H,8-10,17H2,1-3H3. The molecule has 2 nitrogen and oxygen atoms in total. The molecule has 0 saturated heterocycles. The molecule has 5 atom stereocenters. The molecule has 106 valence electrons. The van der Waals surface area contributed by atoms with E-state index in [1.807, 2.05) is 12.1 Å². The number of nitrogens with two attached hydrogens (primary N) is 1. The van der Waals surface area contributed by atoms with Gasteiger partial charge in [0.2, 0.25) is 0 Å². The third-order valence-electron chi connectivity index (χ3n) is 4.29. The van der Waals surface area contributed by atoms with Crippen molar-refractivity contribution >= 4 is 10.8 Å². The first kappa shape index (κ1) is 14.7. The van der Waals surface area contributed by atoms with Crippen molar-refractivity contribution in [1.29, 1.82) is 0 Å². The smallest absolute Gasteiger partial charge is 0.0528 e. The van der Waals surface area contributed by atoms with E-state index in [-0.39, 0.29) is 11.3 Å². The lowest BCUT2D eigenvalue weighted by Gasteiger charge is -2.37. The summed E-state index contributed by atoms with van der Waals surface area (Å²) in [5.74, 6) is 1.77. The Kier molecular flexibility index (Phi) is 4.80. The van der Waals surface area contributed by atoms with Crippen LogP contribution in [0.4, 0.5) is 0 Å². The number of hydrogen-bond donors (Lipinski definition) is 1. The van der Waals surface area contributed by atoms with Gasteiger partial charge in [0.15, 0.2) is 0 Å². The van der Waals surface area contributed by atoms with Crippen LogP contribution >= 0.6 is 0 Å². The van der Waals surface area contributed by atoms with Gasteiger partial charge in [0.25, 0.3) is 0 Å². The SMILES string of the molecule is Cc1ccccc1CS(=O)C1C(C)CC(C)CC1N. The Labute approximate surface area is 119 Å². The van der Waals surface area contributed by atoms with Crippen LogP contribution in [0, 0.1) is 18.8 Å². The summed E-state index contributed by atoms with van der Waals surface area (Å²) in [7, 11) is -0.868. The first-order valence-corrected chi connectivity index (χ1v) is 8.54. The molecule has 2 rings (SSSR count). The lowest BCUT2D eigenvalue weighted by Crippen LogP contribution is -2.47. The highest BCUT2D eigenvalue weighted by Gasteiger charge is 2.35. The average molecular weight is 279 g/mol. The van der Waals surface area contributed by atoms with Crippen LogP contribution < -0.4 is 5.73 Å². The molecule has 19 heavy (non-hydrogen) atoms. The predicted molar refractivity (Wildman–Crippen MR) is 82.4 cm³/mol. The van der Waals surface area contributed by atoms with Gasteiger partial charge < -0.3 is 5.73 Å². The zero-order valence-electron chi connectivity index (χ0n) is 12.1. The first-order valence-electron chi connectivity index (χ1n) is 7.16. The van der Waals surface area contributed by atoms with Crippen LogP contribution in [-0.2, 0) is 16.6 Å². The molecule has 0 amide bonds. The lowest BCUT2D eigenvalue weighted by molar-refractivity contribution is 0.275. The molecule has 0 aromatic heterocycles. The molecule has 3 heteroatoms. The molecule has 1 fully saturated rings. The van der Waals surface area contributed by atoms with E-state index in [2.05, 4.69) is 32.9 Å². The van der Waals surface area contributed by atoms with Crippen LogP contribution in [0.25, 0.3) is 0 Å². The second-order valence-electron chi connectivity index (χ2n) is 6.13. The summed E-state index contributed by atoms with van der Waals surface area (Å²) in [4.78, 5) is 0. The summed E-state index contributed by atoms with van der Waals surface area (Å²) >= 11 is 0. The van der Waals surface area contributed by atoms with Gasteiger partial charge in [-0.1, -0.05) is 38.1 Å². The van der Waals surface area contributed by atoms with Crippen LogP contribution in [-0.4, -0.2) is 15.5 Å². The van der Waals surface area contributed by atoms with Crippen LogP contribution in [0.1, 0.15) is 37.8 Å². The van der Waals surface area contributed by atoms with E-state index in [9.17, 15) is 4.21 Å². The van der Waals surface area contributed by atoms with Gasteiger partial charge >= 0.3 is 0 Å². The zero-order valence-corrected chi connectivity index (χ0v) is 13.0. The Morgan fingerprint density at radius 2 is 1.95 bits per heavy atom. The molecule has 0 aliphatic heterocycles. The van der Waals surface area contributed by atoms with Crippen molar-refractivity contribution in [2.45, 2.75) is 50.7 Å². The normalized spacial score (nSPS) is 33.1. The minimum Gasteiger partial charge on any atom is -0.327 e. The van der Waals surface area contributed by atoms with Gasteiger partial charge in [-0.2, -0.15) is 0 Å². The van der Waals surface area contributed by atoms with Crippen molar-refractivity contribution in [1.82, 2.24) is 0 Å². The quantitative estimate of drug-likeness (QED) is 0.924. The van der Waals surface area contributed by atoms with E-state index < -0.39 is 10.8 Å². The molecule has 0 bridgehead atoms. The summed E-state index contributed by atoms with van der Waals surface area (Å²) in [6, 6.07) is 8.29. The molecule has 0 heterocycles. The summed E-state index contributed by atoms with van der Waals surface area (Å²) in [5, 5.41) is 0.149. The van der Waals surface area contributed by atoms with Crippen molar-refractivity contribution < 1.29 is 4.21 Å². The van der Waals surface area contributed by atoms with Gasteiger partial charge in [0, 0.05) is 22.6 Å². The van der Waals surface area contributed by atoms with Crippen molar-refractivity contribution in [3.8, 4) is 0 Å². The molecule has 0 spiro atoms. The zero-order chi connectivity index (χ0) is 14.0.